The first kappa shape index (κ1) is 17.4. The molecule has 0 radical (unpaired) electrons. The van der Waals surface area contributed by atoms with Crippen molar-refractivity contribution in [2.45, 2.75) is 32.2 Å². The lowest BCUT2D eigenvalue weighted by molar-refractivity contribution is -0.135. The van der Waals surface area contributed by atoms with E-state index in [2.05, 4.69) is 15.2 Å². The topological polar surface area (TPSA) is 65.5 Å². The molecule has 6 heteroatoms. The number of aromatic nitrogens is 1. The van der Waals surface area contributed by atoms with Crippen LogP contribution in [0, 0.1) is 0 Å². The molecule has 2 rings (SSSR count). The van der Waals surface area contributed by atoms with Gasteiger partial charge in [-0.3, -0.25) is 19.5 Å². The number of hydrogen-bond acceptors (Lipinski definition) is 4. The SMILES string of the molecule is CCCNC(=O)CN(C)C(=O)CN1CCCC1c1ccncc1. The molecule has 2 heterocycles. The maximum atomic E-state index is 12.4. The predicted octanol–water partition coefficient (Wildman–Crippen LogP) is 1.20. The second-order valence-corrected chi connectivity index (χ2v) is 6.01. The van der Waals surface area contributed by atoms with Crippen molar-refractivity contribution in [3.05, 3.63) is 30.1 Å². The Morgan fingerprint density at radius 1 is 1.39 bits per heavy atom. The van der Waals surface area contributed by atoms with E-state index in [4.69, 9.17) is 0 Å². The molecule has 126 valence electrons. The van der Waals surface area contributed by atoms with Gasteiger partial charge < -0.3 is 10.2 Å². The van der Waals surface area contributed by atoms with E-state index >= 15 is 0 Å². The molecular formula is C17H26N4O2. The zero-order chi connectivity index (χ0) is 16.7. The Bertz CT molecular complexity index is 521. The number of rotatable bonds is 7. The number of pyridine rings is 1. The highest BCUT2D eigenvalue weighted by Crippen LogP contribution is 2.31. The maximum Gasteiger partial charge on any atom is 0.239 e. The van der Waals surface area contributed by atoms with Crippen LogP contribution in [0.5, 0.6) is 0 Å². The molecule has 1 aromatic rings. The lowest BCUT2D eigenvalue weighted by atomic mass is 10.1. The zero-order valence-corrected chi connectivity index (χ0v) is 14.0. The van der Waals surface area contributed by atoms with Gasteiger partial charge in [-0.15, -0.1) is 0 Å². The van der Waals surface area contributed by atoms with Crippen LogP contribution in [-0.2, 0) is 9.59 Å². The second kappa shape index (κ2) is 8.62. The first-order chi connectivity index (χ1) is 11.1. The quantitative estimate of drug-likeness (QED) is 0.820. The van der Waals surface area contributed by atoms with Gasteiger partial charge in [-0.25, -0.2) is 0 Å². The largest absolute Gasteiger partial charge is 0.355 e. The third kappa shape index (κ3) is 5.03. The molecule has 1 saturated heterocycles. The first-order valence-electron chi connectivity index (χ1n) is 8.26. The summed E-state index contributed by atoms with van der Waals surface area (Å²) < 4.78 is 0. The fourth-order valence-electron chi connectivity index (χ4n) is 2.90. The van der Waals surface area contributed by atoms with Gasteiger partial charge in [0.25, 0.3) is 0 Å². The number of likely N-dealkylation sites (N-methyl/N-ethyl adjacent to an activating group) is 1. The summed E-state index contributed by atoms with van der Waals surface area (Å²) in [7, 11) is 1.69. The number of amides is 2. The Hall–Kier alpha value is -1.95. The summed E-state index contributed by atoms with van der Waals surface area (Å²) >= 11 is 0. The highest BCUT2D eigenvalue weighted by atomic mass is 16.2. The molecular weight excluding hydrogens is 292 g/mol. The standard InChI is InChI=1S/C17H26N4O2/c1-3-8-19-16(22)12-20(2)17(23)13-21-11-4-5-15(21)14-6-9-18-10-7-14/h6-7,9-10,15H,3-5,8,11-13H2,1-2H3,(H,19,22). The number of hydrogen-bond donors (Lipinski definition) is 1. The lowest BCUT2D eigenvalue weighted by Crippen LogP contribution is -2.43. The van der Waals surface area contributed by atoms with E-state index in [0.29, 0.717) is 13.1 Å². The lowest BCUT2D eigenvalue weighted by Gasteiger charge is -2.26. The van der Waals surface area contributed by atoms with Crippen molar-refractivity contribution in [1.82, 2.24) is 20.1 Å². The Balaban J connectivity index is 1.87. The molecule has 1 fully saturated rings. The van der Waals surface area contributed by atoms with Crippen molar-refractivity contribution >= 4 is 11.8 Å². The van der Waals surface area contributed by atoms with Crippen LogP contribution in [0.2, 0.25) is 0 Å². The molecule has 1 N–H and O–H groups in total. The van der Waals surface area contributed by atoms with Gasteiger partial charge >= 0.3 is 0 Å². The van der Waals surface area contributed by atoms with Crippen molar-refractivity contribution in [3.8, 4) is 0 Å². The van der Waals surface area contributed by atoms with Gasteiger partial charge in [-0.2, -0.15) is 0 Å². The molecule has 0 aliphatic carbocycles. The highest BCUT2D eigenvalue weighted by Gasteiger charge is 2.28. The van der Waals surface area contributed by atoms with Crippen LogP contribution in [0.3, 0.4) is 0 Å². The van der Waals surface area contributed by atoms with Gasteiger partial charge in [0.2, 0.25) is 11.8 Å². The van der Waals surface area contributed by atoms with Crippen LogP contribution in [0.1, 0.15) is 37.8 Å². The predicted molar refractivity (Wildman–Crippen MR) is 88.7 cm³/mol. The molecule has 0 aromatic carbocycles. The molecule has 1 unspecified atom stereocenters. The van der Waals surface area contributed by atoms with Crippen molar-refractivity contribution in [3.63, 3.8) is 0 Å². The van der Waals surface area contributed by atoms with Gasteiger partial charge in [-0.05, 0) is 43.5 Å². The van der Waals surface area contributed by atoms with Crippen molar-refractivity contribution in [2.24, 2.45) is 0 Å². The number of carbonyl (C=O) groups excluding carboxylic acids is 2. The average molecular weight is 318 g/mol. The molecule has 1 atom stereocenters. The van der Waals surface area contributed by atoms with Crippen LogP contribution >= 0.6 is 0 Å². The van der Waals surface area contributed by atoms with Crippen LogP contribution in [0.4, 0.5) is 0 Å². The summed E-state index contributed by atoms with van der Waals surface area (Å²) in [6.07, 6.45) is 6.61. The fraction of sp³-hybridized carbons (Fsp3) is 0.588. The molecule has 1 aliphatic rings. The Kier molecular flexibility index (Phi) is 6.52. The summed E-state index contributed by atoms with van der Waals surface area (Å²) in [4.78, 5) is 31.8. The number of nitrogens with one attached hydrogen (secondary N) is 1. The van der Waals surface area contributed by atoms with E-state index in [1.54, 1.807) is 19.4 Å². The van der Waals surface area contributed by atoms with Crippen LogP contribution in [-0.4, -0.2) is 59.8 Å². The molecule has 23 heavy (non-hydrogen) atoms. The van der Waals surface area contributed by atoms with E-state index in [9.17, 15) is 9.59 Å². The van der Waals surface area contributed by atoms with E-state index in [-0.39, 0.29) is 24.4 Å². The second-order valence-electron chi connectivity index (χ2n) is 6.01. The Morgan fingerprint density at radius 2 is 2.13 bits per heavy atom. The smallest absolute Gasteiger partial charge is 0.239 e. The van der Waals surface area contributed by atoms with E-state index in [1.165, 1.54) is 10.5 Å². The minimum absolute atomic E-state index is 0.0161. The Morgan fingerprint density at radius 3 is 2.83 bits per heavy atom. The van der Waals surface area contributed by atoms with E-state index in [1.807, 2.05) is 19.1 Å². The monoisotopic (exact) mass is 318 g/mol. The van der Waals surface area contributed by atoms with Gasteiger partial charge in [0.15, 0.2) is 0 Å². The van der Waals surface area contributed by atoms with Crippen molar-refractivity contribution in [2.75, 3.05) is 33.2 Å². The number of carbonyl (C=O) groups is 2. The molecule has 2 amide bonds. The van der Waals surface area contributed by atoms with Crippen molar-refractivity contribution in [1.29, 1.82) is 0 Å². The van der Waals surface area contributed by atoms with E-state index < -0.39 is 0 Å². The van der Waals surface area contributed by atoms with Crippen LogP contribution in [0.25, 0.3) is 0 Å². The summed E-state index contributed by atoms with van der Waals surface area (Å²) in [6.45, 7) is 4.03. The third-order valence-electron chi connectivity index (χ3n) is 4.17. The van der Waals surface area contributed by atoms with Gasteiger partial charge in [0.05, 0.1) is 13.1 Å². The fourth-order valence-corrected chi connectivity index (χ4v) is 2.90. The molecule has 1 aliphatic heterocycles. The van der Waals surface area contributed by atoms with Crippen LogP contribution in [0.15, 0.2) is 24.5 Å². The third-order valence-corrected chi connectivity index (χ3v) is 4.17. The van der Waals surface area contributed by atoms with Crippen molar-refractivity contribution < 1.29 is 9.59 Å². The normalized spacial score (nSPS) is 17.9. The molecule has 0 bridgehead atoms. The summed E-state index contributed by atoms with van der Waals surface area (Å²) in [6, 6.07) is 4.29. The minimum Gasteiger partial charge on any atom is -0.355 e. The summed E-state index contributed by atoms with van der Waals surface area (Å²) in [5.41, 5.74) is 1.20. The number of nitrogens with zero attached hydrogens (tertiary/aromatic N) is 3. The molecule has 1 aromatic heterocycles. The van der Waals surface area contributed by atoms with Gasteiger partial charge in [-0.1, -0.05) is 6.92 Å². The van der Waals surface area contributed by atoms with Crippen LogP contribution < -0.4 is 5.32 Å². The maximum absolute atomic E-state index is 12.4. The summed E-state index contributed by atoms with van der Waals surface area (Å²) in [5.74, 6) is -0.118. The average Bonchev–Trinajstić information content (AvgIpc) is 3.01. The van der Waals surface area contributed by atoms with E-state index in [0.717, 1.165) is 25.8 Å². The highest BCUT2D eigenvalue weighted by molar-refractivity contribution is 5.85. The van der Waals surface area contributed by atoms with Gasteiger partial charge in [0.1, 0.15) is 0 Å². The zero-order valence-electron chi connectivity index (χ0n) is 14.0. The Labute approximate surface area is 137 Å². The first-order valence-corrected chi connectivity index (χ1v) is 8.26. The minimum atomic E-state index is -0.102. The molecule has 0 spiro atoms. The van der Waals surface area contributed by atoms with Gasteiger partial charge in [0, 0.05) is 32.0 Å². The number of likely N-dealkylation sites (tertiary alicyclic amines) is 1. The molecule has 0 saturated carbocycles. The summed E-state index contributed by atoms with van der Waals surface area (Å²) in [5, 5.41) is 2.79. The molecule has 6 nitrogen and oxygen atoms in total.